The van der Waals surface area contributed by atoms with Crippen LogP contribution in [0.2, 0.25) is 5.15 Å². The summed E-state index contributed by atoms with van der Waals surface area (Å²) in [6, 6.07) is 3.31. The fraction of sp³-hybridized carbons (Fsp3) is 0.167. The Kier molecular flexibility index (Phi) is 3.66. The maximum Gasteiger partial charge on any atom is 0.184 e. The summed E-state index contributed by atoms with van der Waals surface area (Å²) in [5.74, 6) is 0.544. The molecular weight excluding hydrogens is 210 g/mol. The molecule has 70 valence electrons. The molecular formula is C6H8ClN5S. The molecule has 0 aliphatic carbocycles. The molecule has 0 aromatic carbocycles. The fourth-order valence-electron chi connectivity index (χ4n) is 0.566. The first-order chi connectivity index (χ1) is 6.22. The van der Waals surface area contributed by atoms with Gasteiger partial charge >= 0.3 is 0 Å². The first-order valence-electron chi connectivity index (χ1n) is 3.45. The van der Waals surface area contributed by atoms with Crippen molar-refractivity contribution in [1.82, 2.24) is 20.9 Å². The van der Waals surface area contributed by atoms with Crippen molar-refractivity contribution >= 4 is 34.7 Å². The van der Waals surface area contributed by atoms with E-state index in [1.54, 1.807) is 19.2 Å². The lowest BCUT2D eigenvalue weighted by Crippen LogP contribution is -2.36. The molecule has 13 heavy (non-hydrogen) atoms. The smallest absolute Gasteiger partial charge is 0.184 e. The standard InChI is InChI=1S/C6H8ClN5S/c1-8-6(13)12-11-5-3-2-4(7)9-10-5/h2-3H,1H3,(H,10,11)(H2,8,12,13). The zero-order valence-corrected chi connectivity index (χ0v) is 8.41. The summed E-state index contributed by atoms with van der Waals surface area (Å²) >= 11 is 10.4. The van der Waals surface area contributed by atoms with E-state index in [0.29, 0.717) is 16.1 Å². The second-order valence-corrected chi connectivity index (χ2v) is 2.87. The zero-order chi connectivity index (χ0) is 9.68. The van der Waals surface area contributed by atoms with Crippen LogP contribution < -0.4 is 16.2 Å². The van der Waals surface area contributed by atoms with Crippen molar-refractivity contribution in [3.63, 3.8) is 0 Å². The highest BCUT2D eigenvalue weighted by Gasteiger charge is 1.94. The van der Waals surface area contributed by atoms with Gasteiger partial charge in [-0.05, 0) is 24.4 Å². The number of aromatic nitrogens is 2. The van der Waals surface area contributed by atoms with E-state index in [9.17, 15) is 0 Å². The lowest BCUT2D eigenvalue weighted by molar-refractivity contribution is 0.970. The van der Waals surface area contributed by atoms with E-state index >= 15 is 0 Å². The van der Waals surface area contributed by atoms with Gasteiger partial charge in [0.25, 0.3) is 0 Å². The molecule has 7 heteroatoms. The van der Waals surface area contributed by atoms with Gasteiger partial charge in [-0.1, -0.05) is 11.6 Å². The topological polar surface area (TPSA) is 61.9 Å². The van der Waals surface area contributed by atoms with E-state index in [0.717, 1.165) is 0 Å². The maximum absolute atomic E-state index is 5.54. The van der Waals surface area contributed by atoms with Crippen LogP contribution in [0.4, 0.5) is 5.82 Å². The van der Waals surface area contributed by atoms with Crippen LogP contribution in [0.5, 0.6) is 0 Å². The first-order valence-corrected chi connectivity index (χ1v) is 4.24. The highest BCUT2D eigenvalue weighted by Crippen LogP contribution is 2.04. The highest BCUT2D eigenvalue weighted by atomic mass is 35.5. The molecule has 1 rings (SSSR count). The SMILES string of the molecule is CNC(=S)NNc1ccc(Cl)nn1. The molecule has 0 fully saturated rings. The largest absolute Gasteiger partial charge is 0.364 e. The Balaban J connectivity index is 2.46. The number of thiocarbonyl (C=S) groups is 1. The molecule has 0 unspecified atom stereocenters. The molecule has 0 saturated heterocycles. The fourth-order valence-corrected chi connectivity index (χ4v) is 0.718. The third-order valence-corrected chi connectivity index (χ3v) is 1.67. The van der Waals surface area contributed by atoms with Crippen molar-refractivity contribution in [3.8, 4) is 0 Å². The quantitative estimate of drug-likeness (QED) is 0.497. The normalized spacial score (nSPS) is 9.08. The monoisotopic (exact) mass is 217 g/mol. The molecule has 1 aromatic rings. The Morgan fingerprint density at radius 2 is 2.23 bits per heavy atom. The number of hydrazine groups is 1. The van der Waals surface area contributed by atoms with Crippen molar-refractivity contribution in [2.45, 2.75) is 0 Å². The molecule has 0 aliphatic rings. The van der Waals surface area contributed by atoms with Gasteiger partial charge in [0.15, 0.2) is 16.1 Å². The second kappa shape index (κ2) is 4.78. The van der Waals surface area contributed by atoms with Crippen LogP contribution in [0.15, 0.2) is 12.1 Å². The summed E-state index contributed by atoms with van der Waals surface area (Å²) in [4.78, 5) is 0. The van der Waals surface area contributed by atoms with Crippen molar-refractivity contribution < 1.29 is 0 Å². The van der Waals surface area contributed by atoms with Crippen molar-refractivity contribution in [2.24, 2.45) is 0 Å². The van der Waals surface area contributed by atoms with E-state index in [1.165, 1.54) is 0 Å². The van der Waals surface area contributed by atoms with Crippen LogP contribution in [0.1, 0.15) is 0 Å². The number of nitrogens with one attached hydrogen (secondary N) is 3. The first kappa shape index (κ1) is 9.94. The molecule has 5 nitrogen and oxygen atoms in total. The average Bonchev–Trinajstić information content (AvgIpc) is 2.16. The van der Waals surface area contributed by atoms with E-state index in [1.807, 2.05) is 0 Å². The highest BCUT2D eigenvalue weighted by molar-refractivity contribution is 7.80. The molecule has 0 atom stereocenters. The van der Waals surface area contributed by atoms with Crippen LogP contribution in [-0.4, -0.2) is 22.4 Å². The number of nitrogens with zero attached hydrogens (tertiary/aromatic N) is 2. The summed E-state index contributed by atoms with van der Waals surface area (Å²) in [6.45, 7) is 0. The van der Waals surface area contributed by atoms with Gasteiger partial charge in [-0.15, -0.1) is 10.2 Å². The van der Waals surface area contributed by atoms with Gasteiger partial charge in [-0.2, -0.15) is 0 Å². The molecule has 0 radical (unpaired) electrons. The van der Waals surface area contributed by atoms with Gasteiger partial charge in [0.05, 0.1) is 0 Å². The lowest BCUT2D eigenvalue weighted by Gasteiger charge is -2.07. The summed E-state index contributed by atoms with van der Waals surface area (Å²) in [7, 11) is 1.71. The van der Waals surface area contributed by atoms with Crippen molar-refractivity contribution in [2.75, 3.05) is 12.5 Å². The third-order valence-electron chi connectivity index (χ3n) is 1.16. The molecule has 1 heterocycles. The maximum atomic E-state index is 5.54. The molecule has 0 amide bonds. The predicted octanol–water partition coefficient (Wildman–Crippen LogP) is 0.551. The van der Waals surface area contributed by atoms with Gasteiger partial charge in [0, 0.05) is 7.05 Å². The zero-order valence-electron chi connectivity index (χ0n) is 6.84. The van der Waals surface area contributed by atoms with Gasteiger partial charge in [0.1, 0.15) is 0 Å². The van der Waals surface area contributed by atoms with Gasteiger partial charge in [0.2, 0.25) is 0 Å². The van der Waals surface area contributed by atoms with E-state index < -0.39 is 0 Å². The van der Waals surface area contributed by atoms with E-state index in [2.05, 4.69) is 26.4 Å². The van der Waals surface area contributed by atoms with E-state index in [4.69, 9.17) is 23.8 Å². The molecule has 0 saturated carbocycles. The van der Waals surface area contributed by atoms with Crippen molar-refractivity contribution in [3.05, 3.63) is 17.3 Å². The Morgan fingerprint density at radius 1 is 1.46 bits per heavy atom. The summed E-state index contributed by atoms with van der Waals surface area (Å²) in [6.07, 6.45) is 0. The van der Waals surface area contributed by atoms with Crippen LogP contribution in [0.25, 0.3) is 0 Å². The van der Waals surface area contributed by atoms with Crippen molar-refractivity contribution in [1.29, 1.82) is 0 Å². The Bertz CT molecular complexity index is 288. The number of hydrogen-bond donors (Lipinski definition) is 3. The minimum atomic E-state index is 0.349. The Labute approximate surface area is 85.9 Å². The van der Waals surface area contributed by atoms with Crippen LogP contribution >= 0.6 is 23.8 Å². The van der Waals surface area contributed by atoms with Crippen LogP contribution in [0, 0.1) is 0 Å². The summed E-state index contributed by atoms with van der Waals surface area (Å²) < 4.78 is 0. The molecule has 0 spiro atoms. The number of anilines is 1. The minimum absolute atomic E-state index is 0.349. The number of rotatable bonds is 2. The summed E-state index contributed by atoms with van der Waals surface area (Å²) in [5.41, 5.74) is 5.43. The molecule has 0 aliphatic heterocycles. The second-order valence-electron chi connectivity index (χ2n) is 2.07. The van der Waals surface area contributed by atoms with Gasteiger partial charge in [-0.25, -0.2) is 0 Å². The van der Waals surface area contributed by atoms with Gasteiger partial charge < -0.3 is 5.32 Å². The molecule has 1 aromatic heterocycles. The van der Waals surface area contributed by atoms with Gasteiger partial charge in [-0.3, -0.25) is 10.9 Å². The number of halogens is 1. The minimum Gasteiger partial charge on any atom is -0.364 e. The molecule has 0 bridgehead atoms. The average molecular weight is 218 g/mol. The summed E-state index contributed by atoms with van der Waals surface area (Å²) in [5, 5.41) is 10.9. The molecule has 3 N–H and O–H groups in total. The number of hydrogen-bond acceptors (Lipinski definition) is 4. The van der Waals surface area contributed by atoms with E-state index in [-0.39, 0.29) is 0 Å². The Morgan fingerprint density at radius 3 is 2.77 bits per heavy atom. The predicted molar refractivity (Wildman–Crippen MR) is 55.5 cm³/mol. The lowest BCUT2D eigenvalue weighted by atomic mass is 10.5. The third kappa shape index (κ3) is 3.39. The Hall–Kier alpha value is -1.14. The van der Waals surface area contributed by atoms with Crippen LogP contribution in [-0.2, 0) is 0 Å². The van der Waals surface area contributed by atoms with Crippen LogP contribution in [0.3, 0.4) is 0 Å².